The fourth-order valence-electron chi connectivity index (χ4n) is 2.62. The highest BCUT2D eigenvalue weighted by Gasteiger charge is 2.19. The molecular formula is C14H20BrFN2. The predicted molar refractivity (Wildman–Crippen MR) is 75.9 cm³/mol. The van der Waals surface area contributed by atoms with Crippen LogP contribution in [0.2, 0.25) is 0 Å². The molecule has 0 heterocycles. The van der Waals surface area contributed by atoms with Crippen molar-refractivity contribution in [3.63, 3.8) is 0 Å². The van der Waals surface area contributed by atoms with E-state index in [1.807, 2.05) is 6.07 Å². The summed E-state index contributed by atoms with van der Waals surface area (Å²) < 4.78 is 13.9. The van der Waals surface area contributed by atoms with E-state index in [1.54, 1.807) is 0 Å². The van der Waals surface area contributed by atoms with Crippen molar-refractivity contribution < 1.29 is 4.39 Å². The number of nitrogens with two attached hydrogens (primary N) is 1. The lowest BCUT2D eigenvalue weighted by Gasteiger charge is -2.28. The fraction of sp³-hybridized carbons (Fsp3) is 0.571. The normalized spacial score (nSPS) is 18.8. The molecule has 0 spiro atoms. The van der Waals surface area contributed by atoms with E-state index in [9.17, 15) is 4.39 Å². The number of nitrogens with one attached hydrogen (secondary N) is 1. The van der Waals surface area contributed by atoms with Crippen LogP contribution in [-0.2, 0) is 0 Å². The lowest BCUT2D eigenvalue weighted by Crippen LogP contribution is -2.38. The van der Waals surface area contributed by atoms with E-state index in [0.717, 1.165) is 10.0 Å². The molecule has 1 aliphatic rings. The lowest BCUT2D eigenvalue weighted by molar-refractivity contribution is 0.340. The summed E-state index contributed by atoms with van der Waals surface area (Å²) in [5.74, 6) is -0.223. The molecule has 2 nitrogen and oxygen atoms in total. The van der Waals surface area contributed by atoms with E-state index < -0.39 is 0 Å². The van der Waals surface area contributed by atoms with E-state index in [4.69, 9.17) is 5.73 Å². The Morgan fingerprint density at radius 2 is 2.06 bits per heavy atom. The van der Waals surface area contributed by atoms with Crippen LogP contribution in [-0.4, -0.2) is 12.6 Å². The highest BCUT2D eigenvalue weighted by molar-refractivity contribution is 9.10. The molecule has 1 saturated carbocycles. The van der Waals surface area contributed by atoms with E-state index in [0.29, 0.717) is 12.6 Å². The minimum absolute atomic E-state index is 0.100. The Labute approximate surface area is 116 Å². The van der Waals surface area contributed by atoms with Gasteiger partial charge in [-0.3, -0.25) is 0 Å². The second-order valence-corrected chi connectivity index (χ2v) is 5.81. The van der Waals surface area contributed by atoms with Gasteiger partial charge in [0.25, 0.3) is 0 Å². The second-order valence-electron chi connectivity index (χ2n) is 4.96. The zero-order chi connectivity index (χ0) is 13.0. The Bertz CT molecular complexity index is 391. The Morgan fingerprint density at radius 1 is 1.33 bits per heavy atom. The molecule has 3 N–H and O–H groups in total. The van der Waals surface area contributed by atoms with Gasteiger partial charge in [0.1, 0.15) is 5.82 Å². The van der Waals surface area contributed by atoms with E-state index in [-0.39, 0.29) is 11.9 Å². The van der Waals surface area contributed by atoms with Gasteiger partial charge in [0, 0.05) is 23.1 Å². The van der Waals surface area contributed by atoms with Crippen LogP contribution in [0.4, 0.5) is 4.39 Å². The molecule has 1 unspecified atom stereocenters. The third-order valence-corrected chi connectivity index (χ3v) is 4.30. The third-order valence-electron chi connectivity index (χ3n) is 3.62. The highest BCUT2D eigenvalue weighted by Crippen LogP contribution is 2.26. The molecule has 1 aromatic rings. The minimum atomic E-state index is -0.223. The summed E-state index contributed by atoms with van der Waals surface area (Å²) in [6.45, 7) is 0.529. The van der Waals surface area contributed by atoms with Crippen LogP contribution >= 0.6 is 15.9 Å². The van der Waals surface area contributed by atoms with Crippen LogP contribution < -0.4 is 11.1 Å². The quantitative estimate of drug-likeness (QED) is 0.892. The van der Waals surface area contributed by atoms with Crippen LogP contribution in [0.1, 0.15) is 43.7 Å². The number of halogens is 2. The molecule has 100 valence electrons. The Hall–Kier alpha value is -0.450. The average molecular weight is 315 g/mol. The van der Waals surface area contributed by atoms with Crippen molar-refractivity contribution in [1.29, 1.82) is 0 Å². The van der Waals surface area contributed by atoms with Crippen LogP contribution in [0.15, 0.2) is 22.7 Å². The summed E-state index contributed by atoms with van der Waals surface area (Å²) in [6.07, 6.45) is 6.36. The van der Waals surface area contributed by atoms with Crippen molar-refractivity contribution in [1.82, 2.24) is 5.32 Å². The maximum atomic E-state index is 13.1. The molecular weight excluding hydrogens is 295 g/mol. The molecule has 1 fully saturated rings. The Kier molecular flexibility index (Phi) is 5.15. The fourth-order valence-corrected chi connectivity index (χ4v) is 3.25. The molecule has 1 aliphatic carbocycles. The predicted octanol–water partition coefficient (Wildman–Crippen LogP) is 3.51. The topological polar surface area (TPSA) is 38.0 Å². The SMILES string of the molecule is NCC(NC1CCCCC1)c1ccc(F)cc1Br. The Morgan fingerprint density at radius 3 is 2.67 bits per heavy atom. The van der Waals surface area contributed by atoms with Crippen LogP contribution in [0, 0.1) is 5.82 Å². The van der Waals surface area contributed by atoms with Crippen molar-refractivity contribution in [2.45, 2.75) is 44.2 Å². The van der Waals surface area contributed by atoms with Crippen molar-refractivity contribution in [3.05, 3.63) is 34.1 Å². The third kappa shape index (κ3) is 3.53. The molecule has 18 heavy (non-hydrogen) atoms. The van der Waals surface area contributed by atoms with Gasteiger partial charge in [0.15, 0.2) is 0 Å². The molecule has 1 aromatic carbocycles. The molecule has 0 radical (unpaired) electrons. The first kappa shape index (κ1) is 14.0. The number of hydrogen-bond acceptors (Lipinski definition) is 2. The first-order valence-corrected chi connectivity index (χ1v) is 7.41. The zero-order valence-corrected chi connectivity index (χ0v) is 12.0. The first-order valence-electron chi connectivity index (χ1n) is 6.62. The zero-order valence-electron chi connectivity index (χ0n) is 10.5. The minimum Gasteiger partial charge on any atom is -0.329 e. The van der Waals surface area contributed by atoms with Gasteiger partial charge < -0.3 is 11.1 Å². The van der Waals surface area contributed by atoms with E-state index >= 15 is 0 Å². The molecule has 4 heteroatoms. The largest absolute Gasteiger partial charge is 0.329 e. The van der Waals surface area contributed by atoms with Crippen molar-refractivity contribution >= 4 is 15.9 Å². The highest BCUT2D eigenvalue weighted by atomic mass is 79.9. The molecule has 0 bridgehead atoms. The maximum Gasteiger partial charge on any atom is 0.124 e. The van der Waals surface area contributed by atoms with E-state index in [2.05, 4.69) is 21.2 Å². The van der Waals surface area contributed by atoms with Gasteiger partial charge in [0.05, 0.1) is 0 Å². The molecule has 0 saturated heterocycles. The summed E-state index contributed by atoms with van der Waals surface area (Å²) in [7, 11) is 0. The number of benzene rings is 1. The monoisotopic (exact) mass is 314 g/mol. The van der Waals surface area contributed by atoms with Crippen molar-refractivity contribution in [2.75, 3.05) is 6.54 Å². The second kappa shape index (κ2) is 6.64. The standard InChI is InChI=1S/C14H20BrFN2/c15-13-8-10(16)6-7-12(13)14(9-17)18-11-4-2-1-3-5-11/h6-8,11,14,18H,1-5,9,17H2. The molecule has 0 amide bonds. The molecule has 2 rings (SSSR count). The van der Waals surface area contributed by atoms with Gasteiger partial charge in [-0.1, -0.05) is 41.3 Å². The van der Waals surface area contributed by atoms with Gasteiger partial charge in [-0.25, -0.2) is 4.39 Å². The summed E-state index contributed by atoms with van der Waals surface area (Å²) >= 11 is 3.42. The molecule has 1 atom stereocenters. The van der Waals surface area contributed by atoms with Crippen LogP contribution in [0.25, 0.3) is 0 Å². The average Bonchev–Trinajstić information content (AvgIpc) is 2.38. The molecule has 0 aromatic heterocycles. The Balaban J connectivity index is 2.07. The molecule has 0 aliphatic heterocycles. The smallest absolute Gasteiger partial charge is 0.124 e. The van der Waals surface area contributed by atoms with Crippen LogP contribution in [0.3, 0.4) is 0 Å². The van der Waals surface area contributed by atoms with Crippen LogP contribution in [0.5, 0.6) is 0 Å². The van der Waals surface area contributed by atoms with Gasteiger partial charge in [-0.15, -0.1) is 0 Å². The van der Waals surface area contributed by atoms with Gasteiger partial charge in [-0.2, -0.15) is 0 Å². The summed E-state index contributed by atoms with van der Waals surface area (Å²) in [5, 5.41) is 3.60. The maximum absolute atomic E-state index is 13.1. The van der Waals surface area contributed by atoms with Gasteiger partial charge in [-0.05, 0) is 30.5 Å². The van der Waals surface area contributed by atoms with Crippen molar-refractivity contribution in [2.24, 2.45) is 5.73 Å². The summed E-state index contributed by atoms with van der Waals surface area (Å²) in [6, 6.07) is 5.45. The van der Waals surface area contributed by atoms with Crippen molar-refractivity contribution in [3.8, 4) is 0 Å². The summed E-state index contributed by atoms with van der Waals surface area (Å²) in [5.41, 5.74) is 6.90. The number of rotatable bonds is 4. The van der Waals surface area contributed by atoms with Gasteiger partial charge in [0.2, 0.25) is 0 Å². The lowest BCUT2D eigenvalue weighted by atomic mass is 9.94. The first-order chi connectivity index (χ1) is 8.70. The van der Waals surface area contributed by atoms with E-state index in [1.165, 1.54) is 44.2 Å². The summed E-state index contributed by atoms with van der Waals surface area (Å²) in [4.78, 5) is 0. The number of hydrogen-bond donors (Lipinski definition) is 2. The van der Waals surface area contributed by atoms with Gasteiger partial charge >= 0.3 is 0 Å².